The third-order valence-corrected chi connectivity index (χ3v) is 2.43. The molecule has 1 heterocycles. The summed E-state index contributed by atoms with van der Waals surface area (Å²) in [5.41, 5.74) is 3.44. The summed E-state index contributed by atoms with van der Waals surface area (Å²) in [7, 11) is 0. The maximum absolute atomic E-state index is 8.94. The Hall–Kier alpha value is -1.71. The second-order valence-corrected chi connectivity index (χ2v) is 3.72. The van der Waals surface area contributed by atoms with E-state index >= 15 is 0 Å². The fourth-order valence-electron chi connectivity index (χ4n) is 1.45. The van der Waals surface area contributed by atoms with Gasteiger partial charge in [0.1, 0.15) is 0 Å². The van der Waals surface area contributed by atoms with E-state index in [1.54, 1.807) is 12.1 Å². The summed E-state index contributed by atoms with van der Waals surface area (Å²) in [5.74, 6) is 0. The lowest BCUT2D eigenvalue weighted by atomic mass is 10.1. The van der Waals surface area contributed by atoms with Gasteiger partial charge in [0, 0.05) is 17.3 Å². The number of aryl methyl sites for hydroxylation is 1. The summed E-state index contributed by atoms with van der Waals surface area (Å²) < 4.78 is 0. The molecule has 0 bridgehead atoms. The van der Waals surface area contributed by atoms with Crippen LogP contribution in [0, 0.1) is 6.92 Å². The number of hydrogen-bond donors (Lipinski definition) is 2. The number of aliphatic hydroxyl groups excluding tert-OH is 1. The molecule has 0 aliphatic heterocycles. The molecule has 0 spiro atoms. The largest absolute Gasteiger partial charge is 0.364 e. The number of aromatic nitrogens is 1. The van der Waals surface area contributed by atoms with Gasteiger partial charge < -0.3 is 10.2 Å². The Bertz CT molecular complexity index is 460. The molecule has 0 radical (unpaired) electrons. The Morgan fingerprint density at radius 3 is 2.19 bits per heavy atom. The molecular formula is C13H13NO2. The maximum atomic E-state index is 8.94. The molecule has 1 aromatic carbocycles. The lowest BCUT2D eigenvalue weighted by molar-refractivity contribution is -0.0427. The first-order chi connectivity index (χ1) is 7.66. The van der Waals surface area contributed by atoms with Gasteiger partial charge in [-0.1, -0.05) is 35.9 Å². The molecule has 0 saturated heterocycles. The van der Waals surface area contributed by atoms with Crippen molar-refractivity contribution in [2.24, 2.45) is 0 Å². The van der Waals surface area contributed by atoms with Crippen molar-refractivity contribution in [2.45, 2.75) is 13.2 Å². The number of pyridine rings is 1. The smallest absolute Gasteiger partial charge is 0.179 e. The third-order valence-electron chi connectivity index (χ3n) is 2.43. The molecule has 0 unspecified atom stereocenters. The van der Waals surface area contributed by atoms with Gasteiger partial charge in [0.15, 0.2) is 6.29 Å². The highest BCUT2D eigenvalue weighted by atomic mass is 16.5. The van der Waals surface area contributed by atoms with Gasteiger partial charge in [-0.05, 0) is 13.0 Å². The summed E-state index contributed by atoms with van der Waals surface area (Å²) >= 11 is 0. The number of rotatable bonds is 2. The summed E-state index contributed by atoms with van der Waals surface area (Å²) in [6.07, 6.45) is 0.0133. The molecule has 3 nitrogen and oxygen atoms in total. The van der Waals surface area contributed by atoms with Crippen LogP contribution in [0.15, 0.2) is 42.6 Å². The zero-order chi connectivity index (χ0) is 11.5. The zero-order valence-electron chi connectivity index (χ0n) is 8.96. The van der Waals surface area contributed by atoms with E-state index in [2.05, 4.69) is 4.98 Å². The van der Waals surface area contributed by atoms with E-state index < -0.39 is 6.29 Å². The fraction of sp³-hybridized carbons (Fsp3) is 0.154. The van der Waals surface area contributed by atoms with Crippen LogP contribution in [0.1, 0.15) is 17.4 Å². The number of hydrogen-bond acceptors (Lipinski definition) is 3. The van der Waals surface area contributed by atoms with Crippen LogP contribution in [0.25, 0.3) is 11.3 Å². The molecular weight excluding hydrogens is 202 g/mol. The van der Waals surface area contributed by atoms with Gasteiger partial charge in [-0.15, -0.1) is 0 Å². The number of benzene rings is 1. The third kappa shape index (κ3) is 2.27. The maximum Gasteiger partial charge on any atom is 0.179 e. The average Bonchev–Trinajstić information content (AvgIpc) is 2.30. The van der Waals surface area contributed by atoms with E-state index in [9.17, 15) is 0 Å². The van der Waals surface area contributed by atoms with Crippen LogP contribution in [-0.2, 0) is 0 Å². The molecule has 3 heteroatoms. The van der Waals surface area contributed by atoms with E-state index in [-0.39, 0.29) is 0 Å². The minimum Gasteiger partial charge on any atom is -0.364 e. The predicted molar refractivity (Wildman–Crippen MR) is 61.6 cm³/mol. The highest BCUT2D eigenvalue weighted by Crippen LogP contribution is 2.18. The standard InChI is InChI=1S/C13H13NO2/c1-9-2-4-10(5-3-9)12-7-6-11(8-14-12)13(15)16/h2-8,13,15-16H,1H3. The van der Waals surface area contributed by atoms with Crippen LogP contribution < -0.4 is 0 Å². The van der Waals surface area contributed by atoms with Crippen LogP contribution in [0.2, 0.25) is 0 Å². The molecule has 16 heavy (non-hydrogen) atoms. The Kier molecular flexibility index (Phi) is 2.99. The van der Waals surface area contributed by atoms with E-state index in [1.807, 2.05) is 31.2 Å². The summed E-state index contributed by atoms with van der Waals surface area (Å²) in [4.78, 5) is 4.18. The Labute approximate surface area is 94.0 Å². The van der Waals surface area contributed by atoms with Crippen molar-refractivity contribution >= 4 is 0 Å². The van der Waals surface area contributed by atoms with Gasteiger partial charge in [0.25, 0.3) is 0 Å². The molecule has 0 aliphatic rings. The minimum atomic E-state index is -1.46. The van der Waals surface area contributed by atoms with E-state index in [1.165, 1.54) is 11.8 Å². The van der Waals surface area contributed by atoms with Crippen molar-refractivity contribution in [2.75, 3.05) is 0 Å². The SMILES string of the molecule is Cc1ccc(-c2ccc(C(O)O)cn2)cc1. The second-order valence-electron chi connectivity index (χ2n) is 3.72. The Balaban J connectivity index is 2.31. The van der Waals surface area contributed by atoms with Crippen LogP contribution in [0.3, 0.4) is 0 Å². The van der Waals surface area contributed by atoms with E-state index in [4.69, 9.17) is 10.2 Å². The zero-order valence-corrected chi connectivity index (χ0v) is 8.96. The van der Waals surface area contributed by atoms with Crippen LogP contribution >= 0.6 is 0 Å². The van der Waals surface area contributed by atoms with Crippen LogP contribution in [0.5, 0.6) is 0 Å². The molecule has 1 aromatic heterocycles. The van der Waals surface area contributed by atoms with Crippen molar-refractivity contribution in [1.82, 2.24) is 4.98 Å². The lowest BCUT2D eigenvalue weighted by Gasteiger charge is -2.05. The quantitative estimate of drug-likeness (QED) is 0.754. The first-order valence-electron chi connectivity index (χ1n) is 5.06. The van der Waals surface area contributed by atoms with Gasteiger partial charge in [0.05, 0.1) is 5.69 Å². The fourth-order valence-corrected chi connectivity index (χ4v) is 1.45. The Morgan fingerprint density at radius 1 is 1.00 bits per heavy atom. The molecule has 82 valence electrons. The van der Waals surface area contributed by atoms with Crippen LogP contribution in [0.4, 0.5) is 0 Å². The first-order valence-corrected chi connectivity index (χ1v) is 5.06. The van der Waals surface area contributed by atoms with Crippen molar-refractivity contribution in [3.05, 3.63) is 53.7 Å². The molecule has 0 saturated carbocycles. The monoisotopic (exact) mass is 215 g/mol. The number of nitrogens with zero attached hydrogens (tertiary/aromatic N) is 1. The topological polar surface area (TPSA) is 53.4 Å². The molecule has 0 atom stereocenters. The van der Waals surface area contributed by atoms with Gasteiger partial charge >= 0.3 is 0 Å². The molecule has 2 N–H and O–H groups in total. The summed E-state index contributed by atoms with van der Waals surface area (Å²) in [6, 6.07) is 11.5. The van der Waals surface area contributed by atoms with Crippen molar-refractivity contribution < 1.29 is 10.2 Å². The highest BCUT2D eigenvalue weighted by Gasteiger charge is 2.03. The second kappa shape index (κ2) is 4.43. The molecule has 2 rings (SSSR count). The Morgan fingerprint density at radius 2 is 1.69 bits per heavy atom. The minimum absolute atomic E-state index is 0.399. The summed E-state index contributed by atoms with van der Waals surface area (Å²) in [5, 5.41) is 17.9. The molecule has 0 aliphatic carbocycles. The molecule has 2 aromatic rings. The lowest BCUT2D eigenvalue weighted by Crippen LogP contribution is -1.95. The van der Waals surface area contributed by atoms with Gasteiger partial charge in [0.2, 0.25) is 0 Å². The number of aliphatic hydroxyl groups is 2. The van der Waals surface area contributed by atoms with Crippen molar-refractivity contribution in [1.29, 1.82) is 0 Å². The first kappa shape index (κ1) is 10.8. The van der Waals surface area contributed by atoms with Crippen molar-refractivity contribution in [3.63, 3.8) is 0 Å². The van der Waals surface area contributed by atoms with Gasteiger partial charge in [-0.3, -0.25) is 4.98 Å². The van der Waals surface area contributed by atoms with E-state index in [0.29, 0.717) is 5.56 Å². The van der Waals surface area contributed by atoms with Crippen molar-refractivity contribution in [3.8, 4) is 11.3 Å². The van der Waals surface area contributed by atoms with E-state index in [0.717, 1.165) is 11.3 Å². The van der Waals surface area contributed by atoms with Crippen LogP contribution in [-0.4, -0.2) is 15.2 Å². The average molecular weight is 215 g/mol. The van der Waals surface area contributed by atoms with Gasteiger partial charge in [-0.25, -0.2) is 0 Å². The normalized spacial score (nSPS) is 10.8. The highest BCUT2D eigenvalue weighted by molar-refractivity contribution is 5.59. The van der Waals surface area contributed by atoms with Gasteiger partial charge in [-0.2, -0.15) is 0 Å². The molecule has 0 fully saturated rings. The predicted octanol–water partition coefficient (Wildman–Crippen LogP) is 2.04. The summed E-state index contributed by atoms with van der Waals surface area (Å²) in [6.45, 7) is 2.03. The molecule has 0 amide bonds.